The van der Waals surface area contributed by atoms with Crippen LogP contribution in [0, 0.1) is 0 Å². The topological polar surface area (TPSA) is 40.3 Å². The third kappa shape index (κ3) is 4.19. The number of para-hydroxylation sites is 1. The zero-order chi connectivity index (χ0) is 14.8. The molecule has 0 saturated heterocycles. The molecule has 1 aromatic rings. The van der Waals surface area contributed by atoms with Gasteiger partial charge < -0.3 is 5.11 Å². The van der Waals surface area contributed by atoms with Gasteiger partial charge in [-0.2, -0.15) is 4.58 Å². The summed E-state index contributed by atoms with van der Waals surface area (Å²) in [4.78, 5) is 10.5. The molecule has 1 aromatic carbocycles. The summed E-state index contributed by atoms with van der Waals surface area (Å²) in [5.74, 6) is -0.694. The van der Waals surface area contributed by atoms with Gasteiger partial charge in [-0.25, -0.2) is 0 Å². The van der Waals surface area contributed by atoms with Crippen LogP contribution in [0.3, 0.4) is 0 Å². The SMILES string of the molecule is Br.C.CC1=[N+](CCCCCC(=O)O)c2ccccc2C1(C)C. The van der Waals surface area contributed by atoms with E-state index in [4.69, 9.17) is 5.11 Å². The maximum absolute atomic E-state index is 10.5. The van der Waals surface area contributed by atoms with Crippen molar-refractivity contribution in [2.45, 2.75) is 59.3 Å². The molecule has 0 fully saturated rings. The van der Waals surface area contributed by atoms with Crippen molar-refractivity contribution in [2.75, 3.05) is 6.54 Å². The average molecular weight is 371 g/mol. The summed E-state index contributed by atoms with van der Waals surface area (Å²) in [5, 5.41) is 8.65. The first-order chi connectivity index (χ1) is 9.44. The zero-order valence-electron chi connectivity index (χ0n) is 13.1. The molecule has 4 heteroatoms. The highest BCUT2D eigenvalue weighted by atomic mass is 79.9. The van der Waals surface area contributed by atoms with E-state index >= 15 is 0 Å². The number of hydrogen-bond donors (Lipinski definition) is 1. The third-order valence-corrected chi connectivity index (χ3v) is 4.45. The Kier molecular flexibility index (Phi) is 8.02. The second-order valence-corrected chi connectivity index (χ2v) is 6.08. The molecule has 0 radical (unpaired) electrons. The molecule has 0 aliphatic carbocycles. The predicted octanol–water partition coefficient (Wildman–Crippen LogP) is 4.94. The van der Waals surface area contributed by atoms with Crippen molar-refractivity contribution in [3.63, 3.8) is 0 Å². The van der Waals surface area contributed by atoms with Gasteiger partial charge in [0, 0.05) is 31.4 Å². The molecular formula is C18H29BrNO2+. The highest BCUT2D eigenvalue weighted by Gasteiger charge is 2.42. The van der Waals surface area contributed by atoms with Crippen LogP contribution >= 0.6 is 17.0 Å². The van der Waals surface area contributed by atoms with Gasteiger partial charge in [0.25, 0.3) is 0 Å². The molecule has 0 unspecified atom stereocenters. The molecule has 3 nitrogen and oxygen atoms in total. The summed E-state index contributed by atoms with van der Waals surface area (Å²) in [6.45, 7) is 7.72. The first-order valence-electron chi connectivity index (χ1n) is 7.37. The van der Waals surface area contributed by atoms with Crippen LogP contribution in [0.25, 0.3) is 0 Å². The maximum Gasteiger partial charge on any atom is 0.303 e. The summed E-state index contributed by atoms with van der Waals surface area (Å²) < 4.78 is 2.40. The van der Waals surface area contributed by atoms with Gasteiger partial charge in [-0.1, -0.05) is 25.6 Å². The lowest BCUT2D eigenvalue weighted by atomic mass is 9.82. The number of fused-ring (bicyclic) bond motifs is 1. The number of carboxylic acid groups (broad SMARTS) is 1. The Balaban J connectivity index is 0.00000220. The number of benzene rings is 1. The summed E-state index contributed by atoms with van der Waals surface area (Å²) in [7, 11) is 0. The Morgan fingerprint density at radius 3 is 2.45 bits per heavy atom. The summed E-state index contributed by atoms with van der Waals surface area (Å²) >= 11 is 0. The van der Waals surface area contributed by atoms with Gasteiger partial charge in [-0.3, -0.25) is 4.79 Å². The number of carbonyl (C=O) groups is 1. The Hall–Kier alpha value is -1.16. The van der Waals surface area contributed by atoms with Gasteiger partial charge in [0.15, 0.2) is 5.71 Å². The predicted molar refractivity (Wildman–Crippen MR) is 98.1 cm³/mol. The zero-order valence-corrected chi connectivity index (χ0v) is 14.8. The average Bonchev–Trinajstić information content (AvgIpc) is 2.59. The number of nitrogens with zero attached hydrogens (tertiary/aromatic N) is 1. The molecule has 1 N–H and O–H groups in total. The molecule has 0 aromatic heterocycles. The molecule has 0 spiro atoms. The summed E-state index contributed by atoms with van der Waals surface area (Å²) in [6.07, 6.45) is 3.06. The fourth-order valence-corrected chi connectivity index (χ4v) is 2.96. The Morgan fingerprint density at radius 1 is 1.18 bits per heavy atom. The van der Waals surface area contributed by atoms with Gasteiger partial charge in [0.05, 0.1) is 5.41 Å². The van der Waals surface area contributed by atoms with E-state index < -0.39 is 5.97 Å². The Morgan fingerprint density at radius 2 is 1.82 bits per heavy atom. The molecule has 1 aliphatic heterocycles. The van der Waals surface area contributed by atoms with Crippen molar-refractivity contribution in [1.29, 1.82) is 0 Å². The normalized spacial score (nSPS) is 14.9. The number of rotatable bonds is 6. The number of carboxylic acids is 1. The molecule has 1 heterocycles. The second kappa shape index (κ2) is 8.47. The number of aliphatic carboxylic acids is 1. The lowest BCUT2D eigenvalue weighted by Gasteiger charge is -2.14. The monoisotopic (exact) mass is 370 g/mol. The van der Waals surface area contributed by atoms with Crippen molar-refractivity contribution in [3.05, 3.63) is 29.8 Å². The van der Waals surface area contributed by atoms with E-state index in [1.165, 1.54) is 17.0 Å². The van der Waals surface area contributed by atoms with E-state index in [2.05, 4.69) is 49.6 Å². The quantitative estimate of drug-likeness (QED) is 0.568. The summed E-state index contributed by atoms with van der Waals surface area (Å²) in [5.41, 5.74) is 4.19. The fraction of sp³-hybridized carbons (Fsp3) is 0.556. The summed E-state index contributed by atoms with van der Waals surface area (Å²) in [6, 6.07) is 8.59. The Bertz CT molecular complexity index is 550. The first-order valence-corrected chi connectivity index (χ1v) is 7.37. The van der Waals surface area contributed by atoms with Crippen molar-refractivity contribution in [1.82, 2.24) is 0 Å². The minimum Gasteiger partial charge on any atom is -0.481 e. The largest absolute Gasteiger partial charge is 0.481 e. The number of hydrogen-bond acceptors (Lipinski definition) is 1. The van der Waals surface area contributed by atoms with E-state index in [1.807, 2.05) is 0 Å². The van der Waals surface area contributed by atoms with Crippen LogP contribution in [0.1, 0.15) is 59.4 Å². The maximum atomic E-state index is 10.5. The van der Waals surface area contributed by atoms with Gasteiger partial charge in [0.2, 0.25) is 5.69 Å². The lowest BCUT2D eigenvalue weighted by molar-refractivity contribution is -0.439. The van der Waals surface area contributed by atoms with E-state index in [0.29, 0.717) is 0 Å². The third-order valence-electron chi connectivity index (χ3n) is 4.45. The van der Waals surface area contributed by atoms with Crippen molar-refractivity contribution >= 4 is 34.3 Å². The molecule has 0 saturated carbocycles. The van der Waals surface area contributed by atoms with Crippen LogP contribution in [0.15, 0.2) is 24.3 Å². The van der Waals surface area contributed by atoms with Crippen LogP contribution in [-0.2, 0) is 10.2 Å². The van der Waals surface area contributed by atoms with E-state index in [0.717, 1.165) is 25.8 Å². The number of halogens is 1. The molecule has 0 atom stereocenters. The van der Waals surface area contributed by atoms with E-state index in [1.54, 1.807) is 0 Å². The van der Waals surface area contributed by atoms with Crippen molar-refractivity contribution in [2.24, 2.45) is 0 Å². The lowest BCUT2D eigenvalue weighted by Crippen LogP contribution is -2.26. The van der Waals surface area contributed by atoms with E-state index in [9.17, 15) is 4.79 Å². The smallest absolute Gasteiger partial charge is 0.303 e. The van der Waals surface area contributed by atoms with Gasteiger partial charge >= 0.3 is 5.97 Å². The van der Waals surface area contributed by atoms with Gasteiger partial charge in [-0.15, -0.1) is 17.0 Å². The standard InChI is InChI=1S/C17H23NO2.CH4.BrH/c1-13-17(2,3)14-9-6-7-10-15(14)18(13)12-8-4-5-11-16(19)20;;/h6-7,9-10H,4-5,8,11-12H2,1-3H3;1H4;1H/p+1. The van der Waals surface area contributed by atoms with Gasteiger partial charge in [0.1, 0.15) is 6.54 Å². The van der Waals surface area contributed by atoms with Crippen LogP contribution in [0.5, 0.6) is 0 Å². The minimum absolute atomic E-state index is 0. The molecule has 22 heavy (non-hydrogen) atoms. The van der Waals surface area contributed by atoms with Gasteiger partial charge in [-0.05, 0) is 26.7 Å². The van der Waals surface area contributed by atoms with Crippen LogP contribution in [0.2, 0.25) is 0 Å². The van der Waals surface area contributed by atoms with Crippen molar-refractivity contribution < 1.29 is 14.5 Å². The van der Waals surface area contributed by atoms with Crippen LogP contribution in [-0.4, -0.2) is 27.9 Å². The Labute approximate surface area is 144 Å². The van der Waals surface area contributed by atoms with E-state index in [-0.39, 0.29) is 36.2 Å². The highest BCUT2D eigenvalue weighted by molar-refractivity contribution is 8.93. The molecular weight excluding hydrogens is 342 g/mol. The molecule has 0 amide bonds. The van der Waals surface area contributed by atoms with Crippen LogP contribution in [0.4, 0.5) is 5.69 Å². The fourth-order valence-electron chi connectivity index (χ4n) is 2.96. The molecule has 0 bridgehead atoms. The van der Waals surface area contributed by atoms with Crippen molar-refractivity contribution in [3.8, 4) is 0 Å². The first kappa shape index (κ1) is 20.8. The molecule has 124 valence electrons. The van der Waals surface area contributed by atoms with Crippen LogP contribution < -0.4 is 0 Å². The second-order valence-electron chi connectivity index (χ2n) is 6.08. The number of unbranched alkanes of at least 4 members (excludes halogenated alkanes) is 2. The highest BCUT2D eigenvalue weighted by Crippen LogP contribution is 2.39. The molecule has 2 rings (SSSR count). The molecule has 1 aliphatic rings. The minimum atomic E-state index is -0.694.